The van der Waals surface area contributed by atoms with E-state index in [4.69, 9.17) is 4.84 Å². The highest BCUT2D eigenvalue weighted by Gasteiger charge is 1.91. The molecular formula is C12H19NO. The summed E-state index contributed by atoms with van der Waals surface area (Å²) in [6.07, 6.45) is 3.54. The van der Waals surface area contributed by atoms with E-state index in [1.165, 1.54) is 12.0 Å². The van der Waals surface area contributed by atoms with Crippen LogP contribution in [0.25, 0.3) is 0 Å². The fourth-order valence-electron chi connectivity index (χ4n) is 1.35. The number of nitrogens with one attached hydrogen (secondary N) is 1. The number of rotatable bonds is 7. The molecule has 0 fully saturated rings. The predicted octanol–water partition coefficient (Wildman–Crippen LogP) is 2.55. The van der Waals surface area contributed by atoms with Gasteiger partial charge in [-0.05, 0) is 31.7 Å². The van der Waals surface area contributed by atoms with Gasteiger partial charge in [0.05, 0.1) is 6.61 Å². The molecule has 0 unspecified atom stereocenters. The lowest BCUT2D eigenvalue weighted by Crippen LogP contribution is -2.15. The zero-order chi connectivity index (χ0) is 10.1. The molecule has 2 nitrogen and oxygen atoms in total. The molecule has 0 saturated carbocycles. The summed E-state index contributed by atoms with van der Waals surface area (Å²) in [6, 6.07) is 10.6. The van der Waals surface area contributed by atoms with E-state index in [0.717, 1.165) is 26.0 Å². The Balaban J connectivity index is 1.99. The highest BCUT2D eigenvalue weighted by molar-refractivity contribution is 5.14. The Hall–Kier alpha value is -0.860. The van der Waals surface area contributed by atoms with Crippen molar-refractivity contribution in [3.05, 3.63) is 35.9 Å². The van der Waals surface area contributed by atoms with E-state index in [0.29, 0.717) is 0 Å². The molecule has 0 bridgehead atoms. The average Bonchev–Trinajstić information content (AvgIpc) is 2.25. The lowest BCUT2D eigenvalue weighted by molar-refractivity contribution is 0.0502. The van der Waals surface area contributed by atoms with Gasteiger partial charge in [-0.25, -0.2) is 5.48 Å². The van der Waals surface area contributed by atoms with Gasteiger partial charge < -0.3 is 4.84 Å². The average molecular weight is 193 g/mol. The van der Waals surface area contributed by atoms with Crippen LogP contribution in [-0.4, -0.2) is 13.2 Å². The van der Waals surface area contributed by atoms with Gasteiger partial charge in [-0.1, -0.05) is 30.3 Å². The molecular weight excluding hydrogens is 174 g/mol. The van der Waals surface area contributed by atoms with Crippen LogP contribution < -0.4 is 5.48 Å². The van der Waals surface area contributed by atoms with Gasteiger partial charge in [0.1, 0.15) is 0 Å². The predicted molar refractivity (Wildman–Crippen MR) is 59.0 cm³/mol. The largest absolute Gasteiger partial charge is 0.302 e. The van der Waals surface area contributed by atoms with Crippen LogP contribution in [0, 0.1) is 0 Å². The van der Waals surface area contributed by atoms with Gasteiger partial charge in [-0.2, -0.15) is 0 Å². The Kier molecular flexibility index (Phi) is 6.04. The first-order chi connectivity index (χ1) is 6.93. The first kappa shape index (κ1) is 11.2. The van der Waals surface area contributed by atoms with Crippen molar-refractivity contribution in [2.45, 2.75) is 26.2 Å². The van der Waals surface area contributed by atoms with Crippen molar-refractivity contribution in [1.82, 2.24) is 5.48 Å². The number of hydrogen-bond donors (Lipinski definition) is 1. The van der Waals surface area contributed by atoms with Crippen molar-refractivity contribution < 1.29 is 4.84 Å². The minimum Gasteiger partial charge on any atom is -0.302 e. The fourth-order valence-corrected chi connectivity index (χ4v) is 1.35. The number of unbranched alkanes of at least 4 members (excludes halogenated alkanes) is 1. The maximum atomic E-state index is 5.04. The fraction of sp³-hybridized carbons (Fsp3) is 0.500. The molecule has 78 valence electrons. The molecule has 0 aromatic heterocycles. The van der Waals surface area contributed by atoms with Gasteiger partial charge >= 0.3 is 0 Å². The van der Waals surface area contributed by atoms with Crippen LogP contribution in [0.15, 0.2) is 30.3 Å². The summed E-state index contributed by atoms with van der Waals surface area (Å²) in [5.74, 6) is 0. The van der Waals surface area contributed by atoms with Gasteiger partial charge in [0.2, 0.25) is 0 Å². The van der Waals surface area contributed by atoms with Crippen LogP contribution in [0.5, 0.6) is 0 Å². The molecule has 0 heterocycles. The molecule has 0 saturated heterocycles. The number of hydrogen-bond acceptors (Lipinski definition) is 2. The second-order valence-electron chi connectivity index (χ2n) is 3.27. The van der Waals surface area contributed by atoms with Gasteiger partial charge in [-0.3, -0.25) is 0 Å². The maximum absolute atomic E-state index is 5.04. The summed E-state index contributed by atoms with van der Waals surface area (Å²) in [4.78, 5) is 5.04. The van der Waals surface area contributed by atoms with E-state index in [1.54, 1.807) is 0 Å². The third-order valence-electron chi connectivity index (χ3n) is 2.08. The van der Waals surface area contributed by atoms with E-state index < -0.39 is 0 Å². The molecule has 1 N–H and O–H groups in total. The smallest absolute Gasteiger partial charge is 0.0653 e. The normalized spacial score (nSPS) is 10.4. The molecule has 0 atom stereocenters. The first-order valence-corrected chi connectivity index (χ1v) is 5.32. The standard InChI is InChI=1S/C12H19NO/c1-2-14-13-11-7-6-10-12-8-4-3-5-9-12/h3-5,8-9,13H,2,6-7,10-11H2,1H3. The minimum atomic E-state index is 0.735. The quantitative estimate of drug-likeness (QED) is 0.531. The Bertz CT molecular complexity index is 223. The van der Waals surface area contributed by atoms with E-state index in [9.17, 15) is 0 Å². The Morgan fingerprint density at radius 3 is 2.64 bits per heavy atom. The first-order valence-electron chi connectivity index (χ1n) is 5.32. The molecule has 1 aromatic rings. The lowest BCUT2D eigenvalue weighted by atomic mass is 10.1. The van der Waals surface area contributed by atoms with E-state index >= 15 is 0 Å². The summed E-state index contributed by atoms with van der Waals surface area (Å²) in [5, 5.41) is 0. The van der Waals surface area contributed by atoms with E-state index in [2.05, 4.69) is 35.8 Å². The van der Waals surface area contributed by atoms with Crippen LogP contribution in [0.3, 0.4) is 0 Å². The highest BCUT2D eigenvalue weighted by atomic mass is 16.6. The molecule has 0 radical (unpaired) electrons. The zero-order valence-corrected chi connectivity index (χ0v) is 8.83. The lowest BCUT2D eigenvalue weighted by Gasteiger charge is -2.03. The number of aryl methyl sites for hydroxylation is 1. The molecule has 0 aliphatic heterocycles. The number of hydroxylamine groups is 1. The highest BCUT2D eigenvalue weighted by Crippen LogP contribution is 2.03. The summed E-state index contributed by atoms with van der Waals surface area (Å²) in [6.45, 7) is 3.66. The van der Waals surface area contributed by atoms with Crippen molar-refractivity contribution >= 4 is 0 Å². The van der Waals surface area contributed by atoms with Gasteiger partial charge in [0.15, 0.2) is 0 Å². The second-order valence-corrected chi connectivity index (χ2v) is 3.27. The van der Waals surface area contributed by atoms with Gasteiger partial charge in [-0.15, -0.1) is 0 Å². The molecule has 0 spiro atoms. The minimum absolute atomic E-state index is 0.735. The van der Waals surface area contributed by atoms with Gasteiger partial charge in [0, 0.05) is 6.54 Å². The number of benzene rings is 1. The molecule has 14 heavy (non-hydrogen) atoms. The van der Waals surface area contributed by atoms with Crippen LogP contribution >= 0.6 is 0 Å². The Morgan fingerprint density at radius 1 is 1.14 bits per heavy atom. The van der Waals surface area contributed by atoms with Gasteiger partial charge in [0.25, 0.3) is 0 Å². The Morgan fingerprint density at radius 2 is 1.93 bits per heavy atom. The van der Waals surface area contributed by atoms with Crippen molar-refractivity contribution in [2.75, 3.05) is 13.2 Å². The molecule has 2 heteroatoms. The second kappa shape index (κ2) is 7.54. The van der Waals surface area contributed by atoms with Crippen LogP contribution in [0.1, 0.15) is 25.3 Å². The van der Waals surface area contributed by atoms with Crippen molar-refractivity contribution in [2.24, 2.45) is 0 Å². The van der Waals surface area contributed by atoms with Crippen LogP contribution in [-0.2, 0) is 11.3 Å². The third kappa shape index (κ3) is 5.00. The summed E-state index contributed by atoms with van der Waals surface area (Å²) in [7, 11) is 0. The maximum Gasteiger partial charge on any atom is 0.0653 e. The van der Waals surface area contributed by atoms with Crippen LogP contribution in [0.4, 0.5) is 0 Å². The monoisotopic (exact) mass is 193 g/mol. The molecule has 1 aromatic carbocycles. The summed E-state index contributed by atoms with van der Waals surface area (Å²) in [5.41, 5.74) is 4.34. The molecule has 0 aliphatic rings. The SMILES string of the molecule is CCONCCCCc1ccccc1. The summed E-state index contributed by atoms with van der Waals surface area (Å²) >= 11 is 0. The molecule has 1 rings (SSSR count). The third-order valence-corrected chi connectivity index (χ3v) is 2.08. The molecule has 0 amide bonds. The zero-order valence-electron chi connectivity index (χ0n) is 8.83. The molecule has 0 aliphatic carbocycles. The van der Waals surface area contributed by atoms with E-state index in [1.807, 2.05) is 6.92 Å². The van der Waals surface area contributed by atoms with E-state index in [-0.39, 0.29) is 0 Å². The summed E-state index contributed by atoms with van der Waals surface area (Å²) < 4.78 is 0. The topological polar surface area (TPSA) is 21.3 Å². The van der Waals surface area contributed by atoms with Crippen molar-refractivity contribution in [3.8, 4) is 0 Å². The van der Waals surface area contributed by atoms with Crippen molar-refractivity contribution in [3.63, 3.8) is 0 Å². The van der Waals surface area contributed by atoms with Crippen molar-refractivity contribution in [1.29, 1.82) is 0 Å². The van der Waals surface area contributed by atoms with Crippen LogP contribution in [0.2, 0.25) is 0 Å². The Labute approximate surface area is 86.2 Å².